The molecule has 0 spiro atoms. The Morgan fingerprint density at radius 3 is 2.21 bits per heavy atom. The van der Waals surface area contributed by atoms with Crippen LogP contribution in [0.5, 0.6) is 11.5 Å². The van der Waals surface area contributed by atoms with Crippen molar-refractivity contribution in [1.29, 1.82) is 0 Å². The van der Waals surface area contributed by atoms with E-state index in [1.807, 2.05) is 0 Å². The van der Waals surface area contributed by atoms with Crippen LogP contribution in [0.1, 0.15) is 22.7 Å². The number of rotatable bonds is 4. The van der Waals surface area contributed by atoms with E-state index in [0.29, 0.717) is 0 Å². The first-order chi connectivity index (χ1) is 11.1. The molecule has 0 amide bonds. The van der Waals surface area contributed by atoms with E-state index >= 15 is 0 Å². The summed E-state index contributed by atoms with van der Waals surface area (Å²) in [5, 5.41) is 3.62. The zero-order chi connectivity index (χ0) is 16.4. The van der Waals surface area contributed by atoms with E-state index in [1.54, 1.807) is 14.2 Å². The van der Waals surface area contributed by atoms with Crippen LogP contribution in [-0.4, -0.2) is 34.9 Å². The van der Waals surface area contributed by atoms with E-state index in [1.165, 1.54) is 22.4 Å². The van der Waals surface area contributed by atoms with Crippen LogP contribution < -0.4 is 32.1 Å². The summed E-state index contributed by atoms with van der Waals surface area (Å²) >= 11 is 0. The van der Waals surface area contributed by atoms with Gasteiger partial charge >= 0.3 is 0 Å². The van der Waals surface area contributed by atoms with Crippen LogP contribution in [-0.2, 0) is 6.42 Å². The third-order valence-corrected chi connectivity index (χ3v) is 4.44. The number of hydrogen-bond donors (Lipinski definition) is 1. The maximum atomic E-state index is 5.48. The van der Waals surface area contributed by atoms with Crippen LogP contribution in [0, 0.1) is 0 Å². The minimum Gasteiger partial charge on any atom is -1.00 e. The fourth-order valence-corrected chi connectivity index (χ4v) is 3.15. The van der Waals surface area contributed by atoms with Crippen molar-refractivity contribution in [3.8, 4) is 11.5 Å². The van der Waals surface area contributed by atoms with Crippen molar-refractivity contribution >= 4 is 5.69 Å². The molecule has 2 aromatic carbocycles. The molecule has 1 heterocycles. The van der Waals surface area contributed by atoms with Gasteiger partial charge in [-0.15, -0.1) is 0 Å². The van der Waals surface area contributed by atoms with E-state index in [2.05, 4.69) is 60.7 Å². The summed E-state index contributed by atoms with van der Waals surface area (Å²) in [6.07, 6.45) is 1.00. The molecule has 1 atom stereocenters. The number of halogens is 1. The highest BCUT2D eigenvalue weighted by Gasteiger charge is 2.23. The van der Waals surface area contributed by atoms with Gasteiger partial charge in [-0.3, -0.25) is 0 Å². The molecule has 1 N–H and O–H groups in total. The summed E-state index contributed by atoms with van der Waals surface area (Å²) in [7, 11) is 7.48. The maximum absolute atomic E-state index is 5.48. The molecule has 4 nitrogen and oxygen atoms in total. The predicted octanol–water partition coefficient (Wildman–Crippen LogP) is 0.00890. The number of ether oxygens (including phenoxy) is 2. The van der Waals surface area contributed by atoms with Gasteiger partial charge in [0.25, 0.3) is 0 Å². The van der Waals surface area contributed by atoms with Crippen LogP contribution in [0.4, 0.5) is 5.69 Å². The number of methoxy groups -OCH3 is 2. The highest BCUT2D eigenvalue weighted by atomic mass is 35.5. The Kier molecular flexibility index (Phi) is 5.97. The van der Waals surface area contributed by atoms with Gasteiger partial charge < -0.3 is 32.1 Å². The number of hydrogen-bond acceptors (Lipinski definition) is 4. The first kappa shape index (κ1) is 18.4. The molecule has 0 bridgehead atoms. The number of nitrogens with zero attached hydrogens (tertiary/aromatic N) is 1. The number of anilines is 1. The quantitative estimate of drug-likeness (QED) is 0.845. The Morgan fingerprint density at radius 2 is 1.62 bits per heavy atom. The lowest BCUT2D eigenvalue weighted by molar-refractivity contribution is -0.00000528. The summed E-state index contributed by atoms with van der Waals surface area (Å²) in [5.74, 6) is 1.58. The first-order valence-electron chi connectivity index (χ1n) is 7.89. The number of fused-ring (bicyclic) bond motifs is 1. The standard InChI is InChI=1S/C19H24N2O2.ClH/c1-21(2)15-7-5-13(6-8-15)19-16-12-18(23-4)17(22-3)11-14(16)9-10-20-19;/h5-8,11-12,19-20H,9-10H2,1-4H3;1H/p-1. The van der Waals surface area contributed by atoms with Crippen molar-refractivity contribution in [3.05, 3.63) is 53.1 Å². The second-order valence-corrected chi connectivity index (χ2v) is 6.03. The lowest BCUT2D eigenvalue weighted by Gasteiger charge is -2.29. The molecule has 0 aliphatic carbocycles. The molecule has 5 heteroatoms. The van der Waals surface area contributed by atoms with Gasteiger partial charge in [0, 0.05) is 26.3 Å². The van der Waals surface area contributed by atoms with Crippen LogP contribution in [0.25, 0.3) is 0 Å². The fourth-order valence-electron chi connectivity index (χ4n) is 3.15. The molecular formula is C19H24ClN2O2-. The third kappa shape index (κ3) is 3.45. The smallest absolute Gasteiger partial charge is 0.161 e. The third-order valence-electron chi connectivity index (χ3n) is 4.44. The monoisotopic (exact) mass is 347 g/mol. The molecule has 1 unspecified atom stereocenters. The summed E-state index contributed by atoms with van der Waals surface area (Å²) in [6.45, 7) is 0.961. The minimum atomic E-state index is 0. The first-order valence-corrected chi connectivity index (χ1v) is 7.89. The van der Waals surface area contributed by atoms with Gasteiger partial charge in [-0.2, -0.15) is 0 Å². The second kappa shape index (κ2) is 7.77. The molecule has 0 radical (unpaired) electrons. The van der Waals surface area contributed by atoms with E-state index in [9.17, 15) is 0 Å². The maximum Gasteiger partial charge on any atom is 0.161 e. The van der Waals surface area contributed by atoms with Gasteiger partial charge in [-0.05, 0) is 47.4 Å². The van der Waals surface area contributed by atoms with Gasteiger partial charge in [-0.25, -0.2) is 0 Å². The number of benzene rings is 2. The molecule has 0 saturated carbocycles. The van der Waals surface area contributed by atoms with Crippen molar-refractivity contribution in [2.75, 3.05) is 39.8 Å². The van der Waals surface area contributed by atoms with Crippen molar-refractivity contribution in [3.63, 3.8) is 0 Å². The zero-order valence-corrected chi connectivity index (χ0v) is 15.4. The summed E-state index contributed by atoms with van der Waals surface area (Å²) in [5.41, 5.74) is 5.07. The largest absolute Gasteiger partial charge is 1.00 e. The molecule has 24 heavy (non-hydrogen) atoms. The molecular weight excluding hydrogens is 324 g/mol. The predicted molar refractivity (Wildman–Crippen MR) is 93.9 cm³/mol. The Hall–Kier alpha value is -1.91. The topological polar surface area (TPSA) is 33.7 Å². The van der Waals surface area contributed by atoms with Crippen molar-refractivity contribution in [2.24, 2.45) is 0 Å². The fraction of sp³-hybridized carbons (Fsp3) is 0.368. The van der Waals surface area contributed by atoms with Crippen molar-refractivity contribution in [1.82, 2.24) is 5.32 Å². The molecule has 0 fully saturated rings. The molecule has 130 valence electrons. The van der Waals surface area contributed by atoms with Gasteiger partial charge in [0.2, 0.25) is 0 Å². The Labute approximate surface area is 150 Å². The second-order valence-electron chi connectivity index (χ2n) is 6.03. The molecule has 0 saturated heterocycles. The number of nitrogens with one attached hydrogen (secondary N) is 1. The van der Waals surface area contributed by atoms with E-state index in [0.717, 1.165) is 24.5 Å². The Morgan fingerprint density at radius 1 is 1.00 bits per heavy atom. The van der Waals surface area contributed by atoms with Crippen LogP contribution in [0.3, 0.4) is 0 Å². The van der Waals surface area contributed by atoms with E-state index in [4.69, 9.17) is 9.47 Å². The lowest BCUT2D eigenvalue weighted by atomic mass is 9.89. The Bertz CT molecular complexity index is 687. The zero-order valence-electron chi connectivity index (χ0n) is 14.6. The van der Waals surface area contributed by atoms with Crippen molar-refractivity contribution in [2.45, 2.75) is 12.5 Å². The molecule has 1 aliphatic heterocycles. The summed E-state index contributed by atoms with van der Waals surface area (Å²) < 4.78 is 10.9. The average Bonchev–Trinajstić information content (AvgIpc) is 2.60. The summed E-state index contributed by atoms with van der Waals surface area (Å²) in [4.78, 5) is 2.11. The normalized spacial score (nSPS) is 15.9. The highest BCUT2D eigenvalue weighted by Crippen LogP contribution is 2.37. The molecule has 1 aliphatic rings. The van der Waals surface area contributed by atoms with Gasteiger partial charge in [0.05, 0.1) is 20.3 Å². The van der Waals surface area contributed by atoms with E-state index < -0.39 is 0 Å². The average molecular weight is 348 g/mol. The van der Waals surface area contributed by atoms with Gasteiger partial charge in [0.15, 0.2) is 11.5 Å². The molecule has 2 aromatic rings. The molecule has 0 aromatic heterocycles. The Balaban J connectivity index is 0.00000208. The van der Waals surface area contributed by atoms with Crippen LogP contribution in [0.2, 0.25) is 0 Å². The highest BCUT2D eigenvalue weighted by molar-refractivity contribution is 5.53. The summed E-state index contributed by atoms with van der Waals surface area (Å²) in [6, 6.07) is 13.1. The van der Waals surface area contributed by atoms with E-state index in [-0.39, 0.29) is 18.4 Å². The lowest BCUT2D eigenvalue weighted by Crippen LogP contribution is -3.00. The van der Waals surface area contributed by atoms with Gasteiger partial charge in [-0.1, -0.05) is 12.1 Å². The molecule has 3 rings (SSSR count). The van der Waals surface area contributed by atoms with Gasteiger partial charge in [0.1, 0.15) is 0 Å². The SMILES string of the molecule is COc1cc2c(cc1OC)C(c1ccc(N(C)C)cc1)NCC2.[Cl-]. The van der Waals surface area contributed by atoms with Crippen LogP contribution in [0.15, 0.2) is 36.4 Å². The van der Waals surface area contributed by atoms with Crippen molar-refractivity contribution < 1.29 is 21.9 Å². The minimum absolute atomic E-state index is 0. The van der Waals surface area contributed by atoms with Crippen LogP contribution >= 0.6 is 0 Å².